The van der Waals surface area contributed by atoms with Gasteiger partial charge in [-0.2, -0.15) is 0 Å². The summed E-state index contributed by atoms with van der Waals surface area (Å²) in [6.07, 6.45) is 4.41. The number of hydrogen-bond donors (Lipinski definition) is 2. The van der Waals surface area contributed by atoms with Crippen LogP contribution >= 0.6 is 11.8 Å². The van der Waals surface area contributed by atoms with Gasteiger partial charge in [-0.15, -0.1) is 11.8 Å². The molecular formula is C14H16N4S. The second kappa shape index (κ2) is 5.09. The van der Waals surface area contributed by atoms with Gasteiger partial charge < -0.3 is 11.1 Å². The zero-order valence-corrected chi connectivity index (χ0v) is 11.6. The van der Waals surface area contributed by atoms with Crippen LogP contribution < -0.4 is 11.1 Å². The lowest BCUT2D eigenvalue weighted by Crippen LogP contribution is -2.02. The van der Waals surface area contributed by atoms with E-state index in [1.165, 1.54) is 17.7 Å². The zero-order valence-electron chi connectivity index (χ0n) is 10.8. The molecule has 0 bridgehead atoms. The van der Waals surface area contributed by atoms with Gasteiger partial charge in [0.2, 0.25) is 0 Å². The van der Waals surface area contributed by atoms with Crippen LogP contribution in [0.1, 0.15) is 24.6 Å². The number of rotatable bonds is 4. The van der Waals surface area contributed by atoms with E-state index in [2.05, 4.69) is 33.7 Å². The molecule has 1 aliphatic rings. The molecule has 4 nitrogen and oxygen atoms in total. The number of benzene rings is 1. The van der Waals surface area contributed by atoms with Crippen molar-refractivity contribution in [2.45, 2.75) is 23.7 Å². The van der Waals surface area contributed by atoms with E-state index in [4.69, 9.17) is 5.73 Å². The Bertz CT molecular complexity index is 596. The number of nitrogen functional groups attached to an aromatic ring is 1. The number of hydrogen-bond acceptors (Lipinski definition) is 5. The van der Waals surface area contributed by atoms with Gasteiger partial charge in [-0.1, -0.05) is 6.07 Å². The van der Waals surface area contributed by atoms with Crippen LogP contribution in [0.5, 0.6) is 0 Å². The molecule has 1 aromatic heterocycles. The summed E-state index contributed by atoms with van der Waals surface area (Å²) in [7, 11) is 0. The average Bonchev–Trinajstić information content (AvgIpc) is 3.22. The van der Waals surface area contributed by atoms with E-state index < -0.39 is 0 Å². The molecule has 0 spiro atoms. The van der Waals surface area contributed by atoms with Gasteiger partial charge in [0.1, 0.15) is 17.5 Å². The van der Waals surface area contributed by atoms with E-state index in [0.717, 1.165) is 17.3 Å². The molecule has 19 heavy (non-hydrogen) atoms. The van der Waals surface area contributed by atoms with E-state index in [1.807, 2.05) is 12.1 Å². The SMILES string of the molecule is CSc1cccc(Nc2cc(N)nc(C3CC3)n2)c1. The number of nitrogens with one attached hydrogen (secondary N) is 1. The molecule has 1 fully saturated rings. The number of anilines is 3. The van der Waals surface area contributed by atoms with E-state index in [0.29, 0.717) is 11.7 Å². The lowest BCUT2D eigenvalue weighted by molar-refractivity contribution is 0.936. The maximum atomic E-state index is 5.84. The summed E-state index contributed by atoms with van der Waals surface area (Å²) < 4.78 is 0. The van der Waals surface area contributed by atoms with Gasteiger partial charge in [0.25, 0.3) is 0 Å². The number of nitrogens with zero attached hydrogens (tertiary/aromatic N) is 2. The largest absolute Gasteiger partial charge is 0.384 e. The fourth-order valence-electron chi connectivity index (χ4n) is 1.92. The summed E-state index contributed by atoms with van der Waals surface area (Å²) in [6.45, 7) is 0. The summed E-state index contributed by atoms with van der Waals surface area (Å²) in [5.41, 5.74) is 6.86. The molecule has 0 atom stereocenters. The van der Waals surface area contributed by atoms with Crippen molar-refractivity contribution < 1.29 is 0 Å². The Morgan fingerprint density at radius 2 is 2.11 bits per heavy atom. The highest BCUT2D eigenvalue weighted by Crippen LogP contribution is 2.38. The standard InChI is InChI=1S/C14H16N4S/c1-19-11-4-2-3-10(7-11)16-13-8-12(15)17-14(18-13)9-5-6-9/h2-4,7-9H,5-6H2,1H3,(H3,15,16,17,18). The van der Waals surface area contributed by atoms with Crippen molar-refractivity contribution in [3.05, 3.63) is 36.2 Å². The molecule has 98 valence electrons. The lowest BCUT2D eigenvalue weighted by atomic mass is 10.3. The Morgan fingerprint density at radius 3 is 2.84 bits per heavy atom. The Morgan fingerprint density at radius 1 is 1.26 bits per heavy atom. The lowest BCUT2D eigenvalue weighted by Gasteiger charge is -2.09. The van der Waals surface area contributed by atoms with Crippen LogP contribution in [-0.2, 0) is 0 Å². The van der Waals surface area contributed by atoms with Gasteiger partial charge in [0.15, 0.2) is 0 Å². The normalized spacial score (nSPS) is 14.4. The Balaban J connectivity index is 1.85. The van der Waals surface area contributed by atoms with Crippen LogP contribution in [0.15, 0.2) is 35.2 Å². The van der Waals surface area contributed by atoms with Gasteiger partial charge in [0, 0.05) is 22.6 Å². The van der Waals surface area contributed by atoms with E-state index in [9.17, 15) is 0 Å². The first kappa shape index (κ1) is 12.3. The summed E-state index contributed by atoms with van der Waals surface area (Å²) in [4.78, 5) is 10.0. The third-order valence-electron chi connectivity index (χ3n) is 3.05. The highest BCUT2D eigenvalue weighted by molar-refractivity contribution is 7.98. The molecule has 3 N–H and O–H groups in total. The molecule has 1 saturated carbocycles. The molecule has 1 aliphatic carbocycles. The minimum absolute atomic E-state index is 0.501. The van der Waals surface area contributed by atoms with Crippen LogP contribution in [0.4, 0.5) is 17.3 Å². The van der Waals surface area contributed by atoms with Gasteiger partial charge in [0.05, 0.1) is 0 Å². The fraction of sp³-hybridized carbons (Fsp3) is 0.286. The van der Waals surface area contributed by atoms with E-state index >= 15 is 0 Å². The molecule has 2 aromatic rings. The number of aromatic nitrogens is 2. The third kappa shape index (κ3) is 2.98. The topological polar surface area (TPSA) is 63.8 Å². The fourth-order valence-corrected chi connectivity index (χ4v) is 2.38. The minimum atomic E-state index is 0.501. The van der Waals surface area contributed by atoms with E-state index in [-0.39, 0.29) is 0 Å². The quantitative estimate of drug-likeness (QED) is 0.835. The average molecular weight is 272 g/mol. The van der Waals surface area contributed by atoms with Crippen molar-refractivity contribution in [3.63, 3.8) is 0 Å². The van der Waals surface area contributed by atoms with Crippen molar-refractivity contribution in [2.24, 2.45) is 0 Å². The first-order valence-corrected chi connectivity index (χ1v) is 7.52. The maximum absolute atomic E-state index is 5.84. The molecule has 0 unspecified atom stereocenters. The predicted molar refractivity (Wildman–Crippen MR) is 79.9 cm³/mol. The summed E-state index contributed by atoms with van der Waals surface area (Å²) >= 11 is 1.72. The van der Waals surface area contributed by atoms with Crippen molar-refractivity contribution >= 4 is 29.1 Å². The Labute approximate surface area is 116 Å². The second-order valence-corrected chi connectivity index (χ2v) is 5.55. The van der Waals surface area contributed by atoms with Gasteiger partial charge in [-0.3, -0.25) is 0 Å². The van der Waals surface area contributed by atoms with Crippen LogP contribution in [-0.4, -0.2) is 16.2 Å². The molecule has 1 aromatic carbocycles. The third-order valence-corrected chi connectivity index (χ3v) is 3.77. The maximum Gasteiger partial charge on any atom is 0.136 e. The summed E-state index contributed by atoms with van der Waals surface area (Å²) in [5.74, 6) is 2.66. The second-order valence-electron chi connectivity index (χ2n) is 4.67. The monoisotopic (exact) mass is 272 g/mol. The molecular weight excluding hydrogens is 256 g/mol. The van der Waals surface area contributed by atoms with E-state index in [1.54, 1.807) is 17.8 Å². The van der Waals surface area contributed by atoms with Crippen molar-refractivity contribution in [1.82, 2.24) is 9.97 Å². The summed E-state index contributed by atoms with van der Waals surface area (Å²) in [6, 6.07) is 10.0. The number of thioether (sulfide) groups is 1. The van der Waals surface area contributed by atoms with Gasteiger partial charge in [-0.05, 0) is 37.3 Å². The molecule has 1 heterocycles. The molecule has 3 rings (SSSR count). The van der Waals surface area contributed by atoms with Crippen LogP contribution in [0, 0.1) is 0 Å². The molecule has 0 saturated heterocycles. The predicted octanol–water partition coefficient (Wildman–Crippen LogP) is 3.40. The van der Waals surface area contributed by atoms with Gasteiger partial charge >= 0.3 is 0 Å². The molecule has 0 amide bonds. The highest BCUT2D eigenvalue weighted by atomic mass is 32.2. The number of nitrogens with two attached hydrogens (primary N) is 1. The summed E-state index contributed by atoms with van der Waals surface area (Å²) in [5, 5.41) is 3.30. The van der Waals surface area contributed by atoms with Gasteiger partial charge in [-0.25, -0.2) is 9.97 Å². The first-order chi connectivity index (χ1) is 9.24. The van der Waals surface area contributed by atoms with Crippen molar-refractivity contribution in [3.8, 4) is 0 Å². The molecule has 0 aliphatic heterocycles. The van der Waals surface area contributed by atoms with Crippen molar-refractivity contribution in [2.75, 3.05) is 17.3 Å². The first-order valence-electron chi connectivity index (χ1n) is 6.30. The van der Waals surface area contributed by atoms with Crippen molar-refractivity contribution in [1.29, 1.82) is 0 Å². The van der Waals surface area contributed by atoms with Crippen LogP contribution in [0.25, 0.3) is 0 Å². The smallest absolute Gasteiger partial charge is 0.136 e. The highest BCUT2D eigenvalue weighted by Gasteiger charge is 2.27. The van der Waals surface area contributed by atoms with Crippen LogP contribution in [0.2, 0.25) is 0 Å². The van der Waals surface area contributed by atoms with Crippen LogP contribution in [0.3, 0.4) is 0 Å². The minimum Gasteiger partial charge on any atom is -0.384 e. The molecule has 5 heteroatoms. The zero-order chi connectivity index (χ0) is 13.2. The molecule has 0 radical (unpaired) electrons. The Hall–Kier alpha value is -1.75. The Kier molecular flexibility index (Phi) is 3.29.